The van der Waals surface area contributed by atoms with Crippen molar-refractivity contribution in [1.29, 1.82) is 0 Å². The van der Waals surface area contributed by atoms with E-state index in [1.165, 1.54) is 12.3 Å². The maximum absolute atomic E-state index is 13.0. The van der Waals surface area contributed by atoms with Crippen molar-refractivity contribution in [3.05, 3.63) is 101 Å². The van der Waals surface area contributed by atoms with Crippen LogP contribution in [0.25, 0.3) is 0 Å². The molecule has 0 aliphatic carbocycles. The first-order chi connectivity index (χ1) is 12.6. The highest BCUT2D eigenvalue weighted by molar-refractivity contribution is 5.95. The van der Waals surface area contributed by atoms with Crippen molar-refractivity contribution >= 4 is 11.8 Å². The Bertz CT molecular complexity index is 837. The van der Waals surface area contributed by atoms with Gasteiger partial charge in [0.1, 0.15) is 5.69 Å². The molecule has 3 aromatic rings. The topological polar surface area (TPSA) is 76.3 Å². The van der Waals surface area contributed by atoms with Gasteiger partial charge in [0.15, 0.2) is 0 Å². The first-order valence-corrected chi connectivity index (χ1v) is 8.26. The number of hydrogen-bond acceptors (Lipinski definition) is 3. The Morgan fingerprint density at radius 3 is 1.77 bits per heavy atom. The Labute approximate surface area is 152 Å². The Morgan fingerprint density at radius 1 is 0.808 bits per heavy atom. The second-order valence-electron chi connectivity index (χ2n) is 5.93. The average Bonchev–Trinajstić information content (AvgIpc) is 2.68. The van der Waals surface area contributed by atoms with E-state index in [0.717, 1.165) is 11.1 Å². The van der Waals surface area contributed by atoms with Gasteiger partial charge in [0, 0.05) is 19.3 Å². The van der Waals surface area contributed by atoms with Crippen molar-refractivity contribution in [3.63, 3.8) is 0 Å². The van der Waals surface area contributed by atoms with Gasteiger partial charge in [0.2, 0.25) is 0 Å². The van der Waals surface area contributed by atoms with Gasteiger partial charge in [-0.15, -0.1) is 0 Å². The van der Waals surface area contributed by atoms with Gasteiger partial charge in [-0.25, -0.2) is 0 Å². The summed E-state index contributed by atoms with van der Waals surface area (Å²) < 4.78 is 0. The molecule has 5 nitrogen and oxygen atoms in total. The molecule has 0 saturated heterocycles. The van der Waals surface area contributed by atoms with Gasteiger partial charge in [-0.1, -0.05) is 60.7 Å². The molecule has 2 aromatic carbocycles. The van der Waals surface area contributed by atoms with E-state index in [0.29, 0.717) is 18.7 Å². The Hall–Kier alpha value is -3.47. The number of nitrogens with two attached hydrogens (primary N) is 1. The molecule has 0 radical (unpaired) electrons. The van der Waals surface area contributed by atoms with Crippen LogP contribution in [0.15, 0.2) is 79.0 Å². The van der Waals surface area contributed by atoms with Crippen molar-refractivity contribution in [2.45, 2.75) is 13.1 Å². The van der Waals surface area contributed by atoms with Gasteiger partial charge >= 0.3 is 0 Å². The van der Waals surface area contributed by atoms with Crippen LogP contribution in [-0.4, -0.2) is 21.7 Å². The summed E-state index contributed by atoms with van der Waals surface area (Å²) >= 11 is 0. The first kappa shape index (κ1) is 17.4. The lowest BCUT2D eigenvalue weighted by Crippen LogP contribution is -2.30. The zero-order chi connectivity index (χ0) is 18.4. The zero-order valence-electron chi connectivity index (χ0n) is 14.2. The molecule has 130 valence electrons. The number of rotatable bonds is 6. The third kappa shape index (κ3) is 4.33. The molecule has 2 amide bonds. The minimum Gasteiger partial charge on any atom is -0.364 e. The molecule has 0 atom stereocenters. The second kappa shape index (κ2) is 8.07. The molecule has 0 bridgehead atoms. The molecule has 0 aliphatic rings. The summed E-state index contributed by atoms with van der Waals surface area (Å²) in [6.07, 6.45) is 1.39. The number of carbonyl (C=O) groups is 2. The van der Waals surface area contributed by atoms with E-state index in [2.05, 4.69) is 4.98 Å². The number of primary amides is 1. The van der Waals surface area contributed by atoms with Gasteiger partial charge in [0.25, 0.3) is 11.8 Å². The third-order valence-electron chi connectivity index (χ3n) is 3.98. The van der Waals surface area contributed by atoms with Crippen LogP contribution in [0.4, 0.5) is 0 Å². The summed E-state index contributed by atoms with van der Waals surface area (Å²) in [4.78, 5) is 29.9. The van der Waals surface area contributed by atoms with Gasteiger partial charge in [-0.2, -0.15) is 0 Å². The van der Waals surface area contributed by atoms with E-state index < -0.39 is 5.91 Å². The zero-order valence-corrected chi connectivity index (χ0v) is 14.2. The summed E-state index contributed by atoms with van der Waals surface area (Å²) in [6.45, 7) is 0.957. The number of aromatic nitrogens is 1. The number of nitrogens with zero attached hydrogens (tertiary/aromatic N) is 2. The molecular weight excluding hydrogens is 326 g/mol. The molecule has 0 aliphatic heterocycles. The number of hydrogen-bond donors (Lipinski definition) is 1. The normalized spacial score (nSPS) is 10.3. The predicted octanol–water partition coefficient (Wildman–Crippen LogP) is 3.02. The highest BCUT2D eigenvalue weighted by Gasteiger charge is 2.17. The van der Waals surface area contributed by atoms with Crippen LogP contribution in [0.3, 0.4) is 0 Å². The molecule has 0 fully saturated rings. The van der Waals surface area contributed by atoms with Crippen molar-refractivity contribution in [3.8, 4) is 0 Å². The lowest BCUT2D eigenvalue weighted by molar-refractivity contribution is 0.0729. The fraction of sp³-hybridized carbons (Fsp3) is 0.0952. The van der Waals surface area contributed by atoms with E-state index in [1.807, 2.05) is 60.7 Å². The van der Waals surface area contributed by atoms with E-state index in [9.17, 15) is 9.59 Å². The van der Waals surface area contributed by atoms with Gasteiger partial charge in [-0.3, -0.25) is 14.6 Å². The van der Waals surface area contributed by atoms with Crippen LogP contribution in [0, 0.1) is 0 Å². The minimum absolute atomic E-state index is 0.138. The molecule has 1 heterocycles. The van der Waals surface area contributed by atoms with Crippen LogP contribution in [0.2, 0.25) is 0 Å². The Morgan fingerprint density at radius 2 is 1.35 bits per heavy atom. The number of pyridine rings is 1. The van der Waals surface area contributed by atoms with Crippen molar-refractivity contribution in [2.75, 3.05) is 0 Å². The van der Waals surface area contributed by atoms with Gasteiger partial charge in [-0.05, 0) is 23.3 Å². The average molecular weight is 345 g/mol. The van der Waals surface area contributed by atoms with Crippen LogP contribution in [0.1, 0.15) is 32.0 Å². The SMILES string of the molecule is NC(=O)c1ccc(C(=O)N(Cc2ccccc2)Cc2ccccc2)cn1. The van der Waals surface area contributed by atoms with Gasteiger partial charge < -0.3 is 10.6 Å². The minimum atomic E-state index is -0.616. The highest BCUT2D eigenvalue weighted by Crippen LogP contribution is 2.14. The molecular formula is C21H19N3O2. The van der Waals surface area contributed by atoms with Crippen molar-refractivity contribution < 1.29 is 9.59 Å². The largest absolute Gasteiger partial charge is 0.364 e. The fourth-order valence-corrected chi connectivity index (χ4v) is 2.66. The lowest BCUT2D eigenvalue weighted by Gasteiger charge is -2.23. The lowest BCUT2D eigenvalue weighted by atomic mass is 10.1. The van der Waals surface area contributed by atoms with Gasteiger partial charge in [0.05, 0.1) is 5.56 Å². The molecule has 3 rings (SSSR count). The predicted molar refractivity (Wildman–Crippen MR) is 99.2 cm³/mol. The highest BCUT2D eigenvalue weighted by atomic mass is 16.2. The maximum atomic E-state index is 13.0. The van der Waals surface area contributed by atoms with Crippen LogP contribution < -0.4 is 5.73 Å². The van der Waals surface area contributed by atoms with E-state index >= 15 is 0 Å². The second-order valence-corrected chi connectivity index (χ2v) is 5.93. The molecule has 2 N–H and O–H groups in total. The maximum Gasteiger partial charge on any atom is 0.267 e. The fourth-order valence-electron chi connectivity index (χ4n) is 2.66. The summed E-state index contributed by atoms with van der Waals surface area (Å²) in [5.41, 5.74) is 7.84. The monoisotopic (exact) mass is 345 g/mol. The summed E-state index contributed by atoms with van der Waals surface area (Å²) in [5, 5.41) is 0. The number of benzene rings is 2. The summed E-state index contributed by atoms with van der Waals surface area (Å²) in [5.74, 6) is -0.768. The number of carbonyl (C=O) groups excluding carboxylic acids is 2. The summed E-state index contributed by atoms with van der Waals surface area (Å²) in [7, 11) is 0. The quantitative estimate of drug-likeness (QED) is 0.746. The first-order valence-electron chi connectivity index (χ1n) is 8.26. The number of amides is 2. The van der Waals surface area contributed by atoms with Crippen LogP contribution in [0.5, 0.6) is 0 Å². The van der Waals surface area contributed by atoms with Crippen molar-refractivity contribution in [1.82, 2.24) is 9.88 Å². The standard InChI is InChI=1S/C21H19N3O2/c22-20(25)19-12-11-18(13-23-19)21(26)24(14-16-7-3-1-4-8-16)15-17-9-5-2-6-10-17/h1-13H,14-15H2,(H2,22,25). The Kier molecular flexibility index (Phi) is 5.39. The van der Waals surface area contributed by atoms with Crippen LogP contribution >= 0.6 is 0 Å². The van der Waals surface area contributed by atoms with Crippen LogP contribution in [-0.2, 0) is 13.1 Å². The molecule has 26 heavy (non-hydrogen) atoms. The Balaban J connectivity index is 1.85. The van der Waals surface area contributed by atoms with Crippen molar-refractivity contribution in [2.24, 2.45) is 5.73 Å². The smallest absolute Gasteiger partial charge is 0.267 e. The molecule has 1 aromatic heterocycles. The third-order valence-corrected chi connectivity index (χ3v) is 3.98. The molecule has 0 unspecified atom stereocenters. The summed E-state index contributed by atoms with van der Waals surface area (Å²) in [6, 6.07) is 22.7. The van der Waals surface area contributed by atoms with E-state index in [1.54, 1.807) is 11.0 Å². The molecule has 0 saturated carbocycles. The van der Waals surface area contributed by atoms with E-state index in [4.69, 9.17) is 5.73 Å². The van der Waals surface area contributed by atoms with E-state index in [-0.39, 0.29) is 11.6 Å². The molecule has 0 spiro atoms. The molecule has 5 heteroatoms.